The van der Waals surface area contributed by atoms with Crippen LogP contribution in [-0.2, 0) is 0 Å². The molecule has 110 valence electrons. The Morgan fingerprint density at radius 3 is 2.65 bits per heavy atom. The number of carbonyl (C=O) groups is 1. The van der Waals surface area contributed by atoms with Crippen molar-refractivity contribution in [3.05, 3.63) is 23.9 Å². The molecular formula is C15H24N4O. The number of piperidine rings is 1. The maximum atomic E-state index is 12.1. The van der Waals surface area contributed by atoms with Gasteiger partial charge in [-0.05, 0) is 43.5 Å². The predicted octanol–water partition coefficient (Wildman–Crippen LogP) is 1.27. The summed E-state index contributed by atoms with van der Waals surface area (Å²) in [6.45, 7) is 5.03. The second-order valence-electron chi connectivity index (χ2n) is 6.04. The molecule has 0 atom stereocenters. The summed E-state index contributed by atoms with van der Waals surface area (Å²) in [4.78, 5) is 18.3. The number of nitrogens with one attached hydrogen (secondary N) is 2. The first kappa shape index (κ1) is 14.8. The van der Waals surface area contributed by atoms with E-state index in [0.717, 1.165) is 38.3 Å². The van der Waals surface area contributed by atoms with Gasteiger partial charge in [-0.3, -0.25) is 4.79 Å². The largest absolute Gasteiger partial charge is 0.363 e. The van der Waals surface area contributed by atoms with Gasteiger partial charge in [-0.25, -0.2) is 4.98 Å². The molecule has 0 aromatic carbocycles. The molecule has 1 aromatic rings. The molecule has 5 heteroatoms. The highest BCUT2D eigenvalue weighted by molar-refractivity contribution is 5.94. The molecule has 1 aromatic heterocycles. The van der Waals surface area contributed by atoms with E-state index in [0.29, 0.717) is 5.56 Å². The maximum Gasteiger partial charge on any atom is 0.252 e. The quantitative estimate of drug-likeness (QED) is 0.869. The van der Waals surface area contributed by atoms with Crippen LogP contribution >= 0.6 is 0 Å². The third-order valence-electron chi connectivity index (χ3n) is 3.95. The van der Waals surface area contributed by atoms with Gasteiger partial charge in [-0.2, -0.15) is 0 Å². The van der Waals surface area contributed by atoms with Crippen molar-refractivity contribution in [1.29, 1.82) is 0 Å². The van der Waals surface area contributed by atoms with Crippen LogP contribution in [0.15, 0.2) is 18.3 Å². The van der Waals surface area contributed by atoms with Gasteiger partial charge in [0.15, 0.2) is 0 Å². The molecular weight excluding hydrogens is 252 g/mol. The first-order valence-corrected chi connectivity index (χ1v) is 7.12. The lowest BCUT2D eigenvalue weighted by Crippen LogP contribution is -2.42. The Morgan fingerprint density at radius 2 is 2.10 bits per heavy atom. The fraction of sp³-hybridized carbons (Fsp3) is 0.600. The molecule has 0 saturated carbocycles. The van der Waals surface area contributed by atoms with Crippen LogP contribution in [-0.4, -0.2) is 44.6 Å². The van der Waals surface area contributed by atoms with Gasteiger partial charge >= 0.3 is 0 Å². The monoisotopic (exact) mass is 276 g/mol. The van der Waals surface area contributed by atoms with Gasteiger partial charge in [0.05, 0.1) is 5.56 Å². The third kappa shape index (κ3) is 3.70. The van der Waals surface area contributed by atoms with Crippen molar-refractivity contribution in [2.45, 2.75) is 19.8 Å². The molecule has 5 nitrogen and oxygen atoms in total. The van der Waals surface area contributed by atoms with Gasteiger partial charge in [-0.1, -0.05) is 6.92 Å². The summed E-state index contributed by atoms with van der Waals surface area (Å²) in [5.74, 6) is 0.814. The minimum atomic E-state index is -0.0393. The molecule has 1 saturated heterocycles. The van der Waals surface area contributed by atoms with Gasteiger partial charge in [0.2, 0.25) is 0 Å². The van der Waals surface area contributed by atoms with E-state index in [9.17, 15) is 4.79 Å². The Morgan fingerprint density at radius 1 is 1.40 bits per heavy atom. The lowest BCUT2D eigenvalue weighted by atomic mass is 9.81. The van der Waals surface area contributed by atoms with Crippen LogP contribution in [0.4, 0.5) is 5.82 Å². The fourth-order valence-electron chi connectivity index (χ4n) is 2.39. The summed E-state index contributed by atoms with van der Waals surface area (Å²) in [6, 6.07) is 3.68. The van der Waals surface area contributed by atoms with Crippen LogP contribution in [0.5, 0.6) is 0 Å². The molecule has 2 heterocycles. The third-order valence-corrected chi connectivity index (χ3v) is 3.95. The Labute approximate surface area is 120 Å². The van der Waals surface area contributed by atoms with E-state index in [1.54, 1.807) is 6.20 Å². The number of hydrogen-bond donors (Lipinski definition) is 2. The van der Waals surface area contributed by atoms with Crippen molar-refractivity contribution in [2.24, 2.45) is 5.41 Å². The summed E-state index contributed by atoms with van der Waals surface area (Å²) >= 11 is 0. The van der Waals surface area contributed by atoms with Crippen LogP contribution < -0.4 is 15.5 Å². The topological polar surface area (TPSA) is 57.3 Å². The standard InChI is InChI=1S/C15H24N4O/c1-15(6-8-16-9-7-15)11-18-14(20)12-4-5-13(17-10-12)19(2)3/h4-5,10,16H,6-9,11H2,1-3H3,(H,18,20). The van der Waals surface area contributed by atoms with Gasteiger partial charge in [-0.15, -0.1) is 0 Å². The second-order valence-corrected chi connectivity index (χ2v) is 6.04. The molecule has 2 N–H and O–H groups in total. The van der Waals surface area contributed by atoms with E-state index in [1.165, 1.54) is 0 Å². The zero-order valence-electron chi connectivity index (χ0n) is 12.6. The van der Waals surface area contributed by atoms with E-state index in [2.05, 4.69) is 22.5 Å². The zero-order chi connectivity index (χ0) is 14.6. The van der Waals surface area contributed by atoms with Crippen molar-refractivity contribution >= 4 is 11.7 Å². The van der Waals surface area contributed by atoms with Crippen molar-refractivity contribution in [1.82, 2.24) is 15.6 Å². The van der Waals surface area contributed by atoms with E-state index < -0.39 is 0 Å². The molecule has 2 rings (SSSR count). The molecule has 1 fully saturated rings. The number of pyridine rings is 1. The Kier molecular flexibility index (Phi) is 4.60. The highest BCUT2D eigenvalue weighted by Gasteiger charge is 2.27. The highest BCUT2D eigenvalue weighted by atomic mass is 16.1. The average Bonchev–Trinajstić information content (AvgIpc) is 2.46. The van der Waals surface area contributed by atoms with Gasteiger partial charge in [0.1, 0.15) is 5.82 Å². The van der Waals surface area contributed by atoms with Crippen LogP contribution in [0, 0.1) is 5.41 Å². The number of rotatable bonds is 4. The second kappa shape index (κ2) is 6.22. The van der Waals surface area contributed by atoms with Gasteiger partial charge in [0.25, 0.3) is 5.91 Å². The molecule has 0 bridgehead atoms. The molecule has 1 aliphatic heterocycles. The number of hydrogen-bond acceptors (Lipinski definition) is 4. The smallest absolute Gasteiger partial charge is 0.252 e. The van der Waals surface area contributed by atoms with Gasteiger partial charge in [0, 0.05) is 26.8 Å². The summed E-state index contributed by atoms with van der Waals surface area (Å²) in [5, 5.41) is 6.39. The van der Waals surface area contributed by atoms with Crippen molar-refractivity contribution < 1.29 is 4.79 Å². The van der Waals surface area contributed by atoms with E-state index in [1.807, 2.05) is 31.1 Å². The molecule has 0 unspecified atom stereocenters. The van der Waals surface area contributed by atoms with E-state index in [-0.39, 0.29) is 11.3 Å². The fourth-order valence-corrected chi connectivity index (χ4v) is 2.39. The molecule has 0 spiro atoms. The zero-order valence-corrected chi connectivity index (χ0v) is 12.6. The molecule has 1 amide bonds. The summed E-state index contributed by atoms with van der Waals surface area (Å²) in [7, 11) is 3.86. The van der Waals surface area contributed by atoms with Crippen LogP contribution in [0.1, 0.15) is 30.1 Å². The first-order valence-electron chi connectivity index (χ1n) is 7.12. The number of carbonyl (C=O) groups excluding carboxylic acids is 1. The summed E-state index contributed by atoms with van der Waals surface area (Å²) < 4.78 is 0. The average molecular weight is 276 g/mol. The van der Waals surface area contributed by atoms with E-state index >= 15 is 0 Å². The summed E-state index contributed by atoms with van der Waals surface area (Å²) in [5.41, 5.74) is 0.825. The Balaban J connectivity index is 1.91. The summed E-state index contributed by atoms with van der Waals surface area (Å²) in [6.07, 6.45) is 3.84. The minimum absolute atomic E-state index is 0.0393. The Bertz CT molecular complexity index is 449. The minimum Gasteiger partial charge on any atom is -0.363 e. The molecule has 20 heavy (non-hydrogen) atoms. The molecule has 1 aliphatic rings. The van der Waals surface area contributed by atoms with Crippen LogP contribution in [0.2, 0.25) is 0 Å². The lowest BCUT2D eigenvalue weighted by molar-refractivity contribution is 0.0922. The predicted molar refractivity (Wildman–Crippen MR) is 81.1 cm³/mol. The van der Waals surface area contributed by atoms with Gasteiger partial charge < -0.3 is 15.5 Å². The maximum absolute atomic E-state index is 12.1. The normalized spacial score (nSPS) is 17.6. The number of nitrogens with zero attached hydrogens (tertiary/aromatic N) is 2. The number of aromatic nitrogens is 1. The first-order chi connectivity index (χ1) is 9.50. The molecule has 0 radical (unpaired) electrons. The number of amides is 1. The lowest BCUT2D eigenvalue weighted by Gasteiger charge is -2.34. The SMILES string of the molecule is CN(C)c1ccc(C(=O)NCC2(C)CCNCC2)cn1. The van der Waals surface area contributed by atoms with E-state index in [4.69, 9.17) is 0 Å². The highest BCUT2D eigenvalue weighted by Crippen LogP contribution is 2.26. The van der Waals surface area contributed by atoms with Crippen molar-refractivity contribution in [3.63, 3.8) is 0 Å². The van der Waals surface area contributed by atoms with Crippen LogP contribution in [0.25, 0.3) is 0 Å². The van der Waals surface area contributed by atoms with Crippen molar-refractivity contribution in [3.8, 4) is 0 Å². The number of anilines is 1. The van der Waals surface area contributed by atoms with Crippen LogP contribution in [0.3, 0.4) is 0 Å². The Hall–Kier alpha value is -1.62. The molecule has 0 aliphatic carbocycles. The van der Waals surface area contributed by atoms with Crippen molar-refractivity contribution in [2.75, 3.05) is 38.6 Å².